The van der Waals surface area contributed by atoms with Crippen LogP contribution in [0.25, 0.3) is 10.9 Å². The number of hydrazone groups is 1. The van der Waals surface area contributed by atoms with Gasteiger partial charge in [-0.05, 0) is 12.1 Å². The lowest BCUT2D eigenvalue weighted by atomic mass is 10.2. The lowest BCUT2D eigenvalue weighted by Gasteiger charge is -2.03. The second kappa shape index (κ2) is 7.12. The topological polar surface area (TPSA) is 129 Å². The molecule has 0 aliphatic rings. The number of hydrogen-bond acceptors (Lipinski definition) is 5. The molecule has 0 aliphatic heterocycles. The van der Waals surface area contributed by atoms with Crippen LogP contribution in [0.5, 0.6) is 0 Å². The number of hydrogen-bond donors (Lipinski definition) is 3. The van der Waals surface area contributed by atoms with E-state index in [0.29, 0.717) is 5.52 Å². The first-order valence-corrected chi connectivity index (χ1v) is 6.65. The van der Waals surface area contributed by atoms with Crippen molar-refractivity contribution in [2.45, 2.75) is 12.8 Å². The number of fused-ring (bicyclic) bond motifs is 1. The molecule has 0 bridgehead atoms. The van der Waals surface area contributed by atoms with Crippen LogP contribution in [-0.4, -0.2) is 38.8 Å². The maximum Gasteiger partial charge on any atom is 0.352 e. The van der Waals surface area contributed by atoms with Crippen LogP contribution in [0.2, 0.25) is 0 Å². The molecule has 0 fully saturated rings. The Bertz CT molecular complexity index is 801. The number of benzene rings is 1. The van der Waals surface area contributed by atoms with Gasteiger partial charge in [-0.1, -0.05) is 24.3 Å². The van der Waals surface area contributed by atoms with Crippen LogP contribution in [0.15, 0.2) is 41.5 Å². The van der Waals surface area contributed by atoms with Crippen LogP contribution in [0.1, 0.15) is 23.3 Å². The highest BCUT2D eigenvalue weighted by molar-refractivity contribution is 6.35. The fourth-order valence-corrected chi connectivity index (χ4v) is 1.80. The summed E-state index contributed by atoms with van der Waals surface area (Å²) in [6.45, 7) is 0. The number of carbonyl (C=O) groups is 3. The molecule has 1 aromatic carbocycles. The molecule has 3 N–H and O–H groups in total. The minimum Gasteiger partial charge on any atom is -0.481 e. The number of nitrogens with one attached hydrogen (secondary N) is 1. The van der Waals surface area contributed by atoms with E-state index in [-0.39, 0.29) is 12.1 Å². The Labute approximate surface area is 130 Å². The molecule has 2 rings (SSSR count). The first-order chi connectivity index (χ1) is 11.0. The average molecular weight is 315 g/mol. The number of carbonyl (C=O) groups excluding carboxylic acids is 1. The molecule has 0 saturated heterocycles. The minimum atomic E-state index is -1.39. The number of aromatic nitrogens is 1. The highest BCUT2D eigenvalue weighted by Gasteiger charge is 2.13. The van der Waals surface area contributed by atoms with Gasteiger partial charge < -0.3 is 10.2 Å². The molecular weight excluding hydrogens is 302 g/mol. The zero-order valence-corrected chi connectivity index (χ0v) is 11.9. The van der Waals surface area contributed by atoms with Gasteiger partial charge in [-0.2, -0.15) is 5.10 Å². The van der Waals surface area contributed by atoms with Crippen LogP contribution in [-0.2, 0) is 9.59 Å². The summed E-state index contributed by atoms with van der Waals surface area (Å²) < 4.78 is 0. The summed E-state index contributed by atoms with van der Waals surface area (Å²) in [5, 5.41) is 21.8. The first-order valence-electron chi connectivity index (χ1n) is 6.65. The van der Waals surface area contributed by atoms with E-state index in [9.17, 15) is 14.4 Å². The SMILES string of the molecule is O=C(O)CC/C(=N\NC(=O)c1ccc2ccccc2n1)C(=O)O. The molecule has 0 atom stereocenters. The minimum absolute atomic E-state index is 0.0791. The molecule has 8 nitrogen and oxygen atoms in total. The molecule has 23 heavy (non-hydrogen) atoms. The molecule has 1 aromatic heterocycles. The molecule has 0 spiro atoms. The van der Waals surface area contributed by atoms with Crippen LogP contribution in [0.4, 0.5) is 0 Å². The van der Waals surface area contributed by atoms with Gasteiger partial charge in [0.25, 0.3) is 5.91 Å². The highest BCUT2D eigenvalue weighted by atomic mass is 16.4. The lowest BCUT2D eigenvalue weighted by Crippen LogP contribution is -2.24. The van der Waals surface area contributed by atoms with E-state index >= 15 is 0 Å². The van der Waals surface area contributed by atoms with Crippen molar-refractivity contribution >= 4 is 34.5 Å². The van der Waals surface area contributed by atoms with Gasteiger partial charge in [0.15, 0.2) is 0 Å². The third-order valence-electron chi connectivity index (χ3n) is 2.95. The van der Waals surface area contributed by atoms with Crippen LogP contribution < -0.4 is 5.43 Å². The molecule has 1 heterocycles. The van der Waals surface area contributed by atoms with E-state index in [1.807, 2.05) is 12.1 Å². The standard InChI is InChI=1S/C15H13N3O5/c19-13(20)8-7-12(15(22)23)17-18-14(21)11-6-5-9-3-1-2-4-10(9)16-11/h1-6H,7-8H2,(H,18,21)(H,19,20)(H,22,23)/b17-12+. The Balaban J connectivity index is 2.13. The fraction of sp³-hybridized carbons (Fsp3) is 0.133. The van der Waals surface area contributed by atoms with Crippen molar-refractivity contribution in [1.29, 1.82) is 0 Å². The van der Waals surface area contributed by atoms with E-state index in [1.165, 1.54) is 6.07 Å². The maximum atomic E-state index is 12.0. The fourth-order valence-electron chi connectivity index (χ4n) is 1.80. The predicted octanol–water partition coefficient (Wildman–Crippen LogP) is 1.27. The third kappa shape index (κ3) is 4.34. The molecule has 0 saturated carbocycles. The van der Waals surface area contributed by atoms with E-state index in [0.717, 1.165) is 5.39 Å². The monoisotopic (exact) mass is 315 g/mol. The average Bonchev–Trinajstić information content (AvgIpc) is 2.53. The Morgan fingerprint density at radius 1 is 1.04 bits per heavy atom. The normalized spacial score (nSPS) is 11.2. The number of aliphatic carboxylic acids is 2. The lowest BCUT2D eigenvalue weighted by molar-refractivity contribution is -0.136. The molecular formula is C15H13N3O5. The smallest absolute Gasteiger partial charge is 0.352 e. The number of nitrogens with zero attached hydrogens (tertiary/aromatic N) is 2. The summed E-state index contributed by atoms with van der Waals surface area (Å²) in [7, 11) is 0. The largest absolute Gasteiger partial charge is 0.481 e. The quantitative estimate of drug-likeness (QED) is 0.544. The zero-order chi connectivity index (χ0) is 16.8. The maximum absolute atomic E-state index is 12.0. The molecule has 0 unspecified atom stereocenters. The van der Waals surface area contributed by atoms with E-state index in [1.54, 1.807) is 18.2 Å². The number of pyridine rings is 1. The molecule has 8 heteroatoms. The van der Waals surface area contributed by atoms with E-state index < -0.39 is 30.0 Å². The number of carboxylic acids is 2. The predicted molar refractivity (Wildman–Crippen MR) is 81.1 cm³/mol. The van der Waals surface area contributed by atoms with Crippen LogP contribution >= 0.6 is 0 Å². The van der Waals surface area contributed by atoms with Crippen molar-refractivity contribution in [2.24, 2.45) is 5.10 Å². The van der Waals surface area contributed by atoms with Crippen molar-refractivity contribution in [3.63, 3.8) is 0 Å². The van der Waals surface area contributed by atoms with Gasteiger partial charge in [-0.15, -0.1) is 0 Å². The highest BCUT2D eigenvalue weighted by Crippen LogP contribution is 2.11. The van der Waals surface area contributed by atoms with E-state index in [2.05, 4.69) is 15.5 Å². The second-order valence-corrected chi connectivity index (χ2v) is 4.59. The van der Waals surface area contributed by atoms with Crippen LogP contribution in [0, 0.1) is 0 Å². The Morgan fingerprint density at radius 3 is 2.48 bits per heavy atom. The summed E-state index contributed by atoms with van der Waals surface area (Å²) >= 11 is 0. The van der Waals surface area contributed by atoms with Gasteiger partial charge in [0.2, 0.25) is 0 Å². The molecule has 0 aliphatic carbocycles. The summed E-state index contributed by atoms with van der Waals surface area (Å²) in [5.41, 5.74) is 2.34. The zero-order valence-electron chi connectivity index (χ0n) is 11.9. The Hall–Kier alpha value is -3.29. The van der Waals surface area contributed by atoms with Gasteiger partial charge in [0.05, 0.1) is 11.9 Å². The van der Waals surface area contributed by atoms with E-state index in [4.69, 9.17) is 10.2 Å². The molecule has 0 radical (unpaired) electrons. The Morgan fingerprint density at radius 2 is 1.78 bits per heavy atom. The summed E-state index contributed by atoms with van der Waals surface area (Å²) in [4.78, 5) is 37.5. The Kier molecular flexibility index (Phi) is 4.98. The molecule has 1 amide bonds. The molecule has 2 aromatic rings. The van der Waals surface area contributed by atoms with Crippen molar-refractivity contribution in [2.75, 3.05) is 0 Å². The summed E-state index contributed by atoms with van der Waals surface area (Å²) in [6.07, 6.45) is -0.689. The number of rotatable bonds is 6. The van der Waals surface area contributed by atoms with Crippen molar-refractivity contribution in [1.82, 2.24) is 10.4 Å². The van der Waals surface area contributed by atoms with Gasteiger partial charge in [0, 0.05) is 11.8 Å². The van der Waals surface area contributed by atoms with Crippen molar-refractivity contribution in [3.8, 4) is 0 Å². The summed E-state index contributed by atoms with van der Waals surface area (Å²) in [5.74, 6) is -3.22. The number of para-hydroxylation sites is 1. The van der Waals surface area contributed by atoms with Crippen molar-refractivity contribution < 1.29 is 24.6 Å². The third-order valence-corrected chi connectivity index (χ3v) is 2.95. The van der Waals surface area contributed by atoms with Crippen molar-refractivity contribution in [3.05, 3.63) is 42.1 Å². The van der Waals surface area contributed by atoms with Gasteiger partial charge in [-0.25, -0.2) is 15.2 Å². The van der Waals surface area contributed by atoms with Crippen LogP contribution in [0.3, 0.4) is 0 Å². The summed E-state index contributed by atoms with van der Waals surface area (Å²) in [6, 6.07) is 10.4. The number of amides is 1. The molecule has 118 valence electrons. The second-order valence-electron chi connectivity index (χ2n) is 4.59. The number of carboxylic acid groups (broad SMARTS) is 2. The van der Waals surface area contributed by atoms with Gasteiger partial charge in [-0.3, -0.25) is 9.59 Å². The van der Waals surface area contributed by atoms with Gasteiger partial charge in [0.1, 0.15) is 11.4 Å². The first kappa shape index (κ1) is 16.1. The van der Waals surface area contributed by atoms with Gasteiger partial charge >= 0.3 is 11.9 Å².